The minimum Gasteiger partial charge on any atom is -0.186 e. The van der Waals surface area contributed by atoms with E-state index in [-0.39, 0.29) is 12.3 Å². The highest BCUT2D eigenvalue weighted by atomic mass is 16.2. The topological polar surface area (TPSA) is 68.3 Å². The zero-order chi connectivity index (χ0) is 29.8. The molecule has 4 heteroatoms. The molecule has 230 valence electrons. The number of fused-ring (bicyclic) bond motifs is 1. The maximum absolute atomic E-state index is 8.12. The van der Waals surface area contributed by atoms with Crippen LogP contribution in [-0.4, -0.2) is 12.3 Å². The molecular formula is C36H62O4. The third kappa shape index (κ3) is 17.1. The van der Waals surface area contributed by atoms with Crippen LogP contribution in [0.25, 0.3) is 0 Å². The largest absolute Gasteiger partial charge is 0.373 e. The summed E-state index contributed by atoms with van der Waals surface area (Å²) in [6, 6.07) is 0. The van der Waals surface area contributed by atoms with Crippen molar-refractivity contribution in [2.24, 2.45) is 29.6 Å². The molecule has 0 heterocycles. The molecule has 0 aromatic heterocycles. The Morgan fingerprint density at radius 3 is 1.52 bits per heavy atom. The molecule has 0 aromatic carbocycles. The molecule has 0 radical (unpaired) electrons. The van der Waals surface area contributed by atoms with Gasteiger partial charge < -0.3 is 0 Å². The third-order valence-corrected chi connectivity index (χ3v) is 9.11. The van der Waals surface area contributed by atoms with Gasteiger partial charge in [-0.15, -0.1) is 0 Å². The number of rotatable bonds is 20. The number of hydrogen-bond donors (Lipinski definition) is 0. The molecule has 4 nitrogen and oxygen atoms in total. The molecule has 0 spiro atoms. The van der Waals surface area contributed by atoms with Gasteiger partial charge in [0.15, 0.2) is 0 Å². The molecule has 0 saturated heterocycles. The number of allylic oxidation sites excluding steroid dienone is 4. The van der Waals surface area contributed by atoms with Crippen molar-refractivity contribution in [1.29, 1.82) is 0 Å². The van der Waals surface area contributed by atoms with Crippen LogP contribution < -0.4 is 0 Å². The first-order valence-corrected chi connectivity index (χ1v) is 17.0. The Morgan fingerprint density at radius 1 is 0.550 bits per heavy atom. The molecule has 2 rings (SSSR count). The van der Waals surface area contributed by atoms with Crippen LogP contribution in [0.4, 0.5) is 0 Å². The van der Waals surface area contributed by atoms with Crippen LogP contribution in [0.5, 0.6) is 0 Å². The molecule has 0 bridgehead atoms. The molecule has 5 unspecified atom stereocenters. The van der Waals surface area contributed by atoms with Crippen LogP contribution in [0.1, 0.15) is 163 Å². The van der Waals surface area contributed by atoms with Crippen molar-refractivity contribution in [3.63, 3.8) is 0 Å². The first-order chi connectivity index (χ1) is 19.6. The van der Waals surface area contributed by atoms with Crippen molar-refractivity contribution in [2.45, 2.75) is 163 Å². The van der Waals surface area contributed by atoms with Crippen molar-refractivity contribution in [1.82, 2.24) is 0 Å². The lowest BCUT2D eigenvalue weighted by Crippen LogP contribution is -2.31. The molecular weight excluding hydrogens is 496 g/mol. The predicted molar refractivity (Wildman–Crippen MR) is 164 cm³/mol. The highest BCUT2D eigenvalue weighted by Crippen LogP contribution is 2.48. The van der Waals surface area contributed by atoms with E-state index in [4.69, 9.17) is 19.2 Å². The summed E-state index contributed by atoms with van der Waals surface area (Å²) in [4.78, 5) is 32.5. The molecule has 0 aliphatic heterocycles. The monoisotopic (exact) mass is 558 g/mol. The fourth-order valence-corrected chi connectivity index (χ4v) is 6.94. The van der Waals surface area contributed by atoms with Gasteiger partial charge in [0, 0.05) is 0 Å². The maximum Gasteiger partial charge on any atom is 0.373 e. The Morgan fingerprint density at radius 2 is 1.00 bits per heavy atom. The van der Waals surface area contributed by atoms with E-state index in [9.17, 15) is 0 Å². The van der Waals surface area contributed by atoms with Crippen molar-refractivity contribution in [2.75, 3.05) is 0 Å². The van der Waals surface area contributed by atoms with E-state index >= 15 is 0 Å². The van der Waals surface area contributed by atoms with Crippen molar-refractivity contribution >= 4 is 12.3 Å². The smallest absolute Gasteiger partial charge is 0.186 e. The minimum absolute atomic E-state index is 0.250. The molecule has 0 N–H and O–H groups in total. The second-order valence-corrected chi connectivity index (χ2v) is 12.2. The van der Waals surface area contributed by atoms with Crippen molar-refractivity contribution in [3.8, 4) is 0 Å². The lowest BCUT2D eigenvalue weighted by Gasteiger charge is -2.42. The Hall–Kier alpha value is -1.76. The average molecular weight is 559 g/mol. The van der Waals surface area contributed by atoms with Crippen LogP contribution in [-0.2, 0) is 19.2 Å². The van der Waals surface area contributed by atoms with E-state index in [2.05, 4.69) is 45.9 Å². The summed E-state index contributed by atoms with van der Waals surface area (Å²) in [5, 5.41) is 0. The van der Waals surface area contributed by atoms with Gasteiger partial charge in [0.25, 0.3) is 0 Å². The molecule has 0 fully saturated rings. The van der Waals surface area contributed by atoms with E-state index in [1.54, 1.807) is 0 Å². The Labute approximate surface area is 247 Å². The second-order valence-electron chi connectivity index (χ2n) is 12.2. The van der Waals surface area contributed by atoms with E-state index in [1.807, 2.05) is 5.57 Å². The number of unbranched alkanes of at least 4 members (excludes halogenated alkanes) is 12. The van der Waals surface area contributed by atoms with Crippen LogP contribution in [0.2, 0.25) is 0 Å². The van der Waals surface area contributed by atoms with Gasteiger partial charge in [-0.2, -0.15) is 19.2 Å². The zero-order valence-corrected chi connectivity index (χ0v) is 26.6. The summed E-state index contributed by atoms with van der Waals surface area (Å²) in [6.07, 6.45) is 38.8. The van der Waals surface area contributed by atoms with Crippen molar-refractivity contribution in [3.05, 3.63) is 23.8 Å². The predicted octanol–water partition coefficient (Wildman–Crippen LogP) is 10.7. The number of carbonyl (C=O) groups excluding carboxylic acids is 4. The van der Waals surface area contributed by atoms with E-state index < -0.39 is 0 Å². The summed E-state index contributed by atoms with van der Waals surface area (Å²) < 4.78 is 0. The van der Waals surface area contributed by atoms with Crippen LogP contribution in [0, 0.1) is 29.6 Å². The average Bonchev–Trinajstić information content (AvgIpc) is 2.95. The van der Waals surface area contributed by atoms with Gasteiger partial charge in [-0.05, 0) is 61.7 Å². The normalized spacial score (nSPS) is 22.9. The van der Waals surface area contributed by atoms with Gasteiger partial charge in [-0.1, -0.05) is 154 Å². The summed E-state index contributed by atoms with van der Waals surface area (Å²) in [6.45, 7) is 9.40. The molecule has 0 amide bonds. The van der Waals surface area contributed by atoms with E-state index in [0.29, 0.717) is 0 Å². The highest BCUT2D eigenvalue weighted by molar-refractivity contribution is 5.27. The second kappa shape index (κ2) is 27.4. The molecule has 0 saturated carbocycles. The molecule has 0 aromatic rings. The Kier molecular flexibility index (Phi) is 26.2. The Bertz CT molecular complexity index is 700. The zero-order valence-electron chi connectivity index (χ0n) is 26.6. The first-order valence-electron chi connectivity index (χ1n) is 17.0. The van der Waals surface area contributed by atoms with Gasteiger partial charge in [0.1, 0.15) is 0 Å². The fraction of sp³-hybridized carbons (Fsp3) is 0.833. The van der Waals surface area contributed by atoms with Gasteiger partial charge in [-0.3, -0.25) is 0 Å². The molecule has 5 atom stereocenters. The lowest BCUT2D eigenvalue weighted by molar-refractivity contribution is -0.193. The van der Waals surface area contributed by atoms with Crippen LogP contribution >= 0.6 is 0 Å². The molecule has 2 aliphatic carbocycles. The lowest BCUT2D eigenvalue weighted by atomic mass is 9.63. The summed E-state index contributed by atoms with van der Waals surface area (Å²) in [5.41, 5.74) is 1.91. The number of hydrogen-bond acceptors (Lipinski definition) is 4. The van der Waals surface area contributed by atoms with Crippen LogP contribution in [0.15, 0.2) is 23.8 Å². The summed E-state index contributed by atoms with van der Waals surface area (Å²) in [7, 11) is 0. The van der Waals surface area contributed by atoms with Gasteiger partial charge in [0.2, 0.25) is 0 Å². The van der Waals surface area contributed by atoms with Gasteiger partial charge in [-0.25, -0.2) is 0 Å². The third-order valence-electron chi connectivity index (χ3n) is 9.11. The van der Waals surface area contributed by atoms with E-state index in [0.717, 1.165) is 29.6 Å². The van der Waals surface area contributed by atoms with Crippen LogP contribution in [0.3, 0.4) is 0 Å². The standard InChI is InChI=1S/C34H62.2CO2/c1-5-9-13-16-19-22-29-25-26-32-27-30(21-12-8-4)31(23-18-15-11-7-3)28-34(32)33(29)24-20-17-14-10-6-2;2*2-1-3/h25-26,28-33H,5-24,27H2,1-4H3;;. The molecule has 40 heavy (non-hydrogen) atoms. The van der Waals surface area contributed by atoms with E-state index in [1.165, 1.54) is 135 Å². The highest BCUT2D eigenvalue weighted by Gasteiger charge is 2.36. The fourth-order valence-electron chi connectivity index (χ4n) is 6.94. The summed E-state index contributed by atoms with van der Waals surface area (Å²) >= 11 is 0. The van der Waals surface area contributed by atoms with Crippen molar-refractivity contribution < 1.29 is 19.2 Å². The quantitative estimate of drug-likeness (QED) is 0.110. The SMILES string of the molecule is CCCCCCCC1C=CC2CC(CCCC)C(CCCCCC)C=C2C1CCCCCCC.O=C=O.O=C=O. The van der Waals surface area contributed by atoms with Gasteiger partial charge in [0.05, 0.1) is 0 Å². The minimum atomic E-state index is 0.250. The van der Waals surface area contributed by atoms with Gasteiger partial charge >= 0.3 is 12.3 Å². The summed E-state index contributed by atoms with van der Waals surface area (Å²) in [5.74, 6) is 4.26. The first kappa shape index (κ1) is 38.2. The Balaban J connectivity index is 0.00000232. The molecule has 2 aliphatic rings. The maximum atomic E-state index is 8.12.